The molecule has 0 aliphatic carbocycles. The van der Waals surface area contributed by atoms with E-state index >= 15 is 0 Å². The van der Waals surface area contributed by atoms with Crippen LogP contribution in [0.3, 0.4) is 0 Å². The Morgan fingerprint density at radius 3 is 1.42 bits per heavy atom. The summed E-state index contributed by atoms with van der Waals surface area (Å²) in [4.78, 5) is 23.3. The molecule has 0 spiro atoms. The van der Waals surface area contributed by atoms with Gasteiger partial charge in [0.05, 0.1) is 0 Å². The summed E-state index contributed by atoms with van der Waals surface area (Å²) in [5, 5.41) is 8.79. The topological polar surface area (TPSA) is 63.6 Å². The summed E-state index contributed by atoms with van der Waals surface area (Å²) in [6.07, 6.45) is 43.3. The zero-order valence-corrected chi connectivity index (χ0v) is 28.8. The molecule has 4 heteroatoms. The van der Waals surface area contributed by atoms with Gasteiger partial charge in [-0.05, 0) is 70.6 Å². The average molecular weight is 605 g/mol. The van der Waals surface area contributed by atoms with Gasteiger partial charge in [0.15, 0.2) is 0 Å². The molecular formula is C39H72O4. The summed E-state index contributed by atoms with van der Waals surface area (Å²) in [5.74, 6) is -0.707. The van der Waals surface area contributed by atoms with Gasteiger partial charge in [-0.3, -0.25) is 9.59 Å². The lowest BCUT2D eigenvalue weighted by molar-refractivity contribution is -0.150. The van der Waals surface area contributed by atoms with Crippen molar-refractivity contribution in [3.05, 3.63) is 24.3 Å². The third-order valence-electron chi connectivity index (χ3n) is 8.43. The lowest BCUT2D eigenvalue weighted by Crippen LogP contribution is -2.18. The van der Waals surface area contributed by atoms with E-state index in [0.29, 0.717) is 6.42 Å². The van der Waals surface area contributed by atoms with E-state index in [1.165, 1.54) is 109 Å². The van der Waals surface area contributed by atoms with E-state index in [1.54, 1.807) is 0 Å². The van der Waals surface area contributed by atoms with Crippen LogP contribution in [0.4, 0.5) is 0 Å². The fourth-order valence-electron chi connectivity index (χ4n) is 5.63. The number of hydrogen-bond donors (Lipinski definition) is 1. The van der Waals surface area contributed by atoms with Crippen molar-refractivity contribution in [1.29, 1.82) is 0 Å². The van der Waals surface area contributed by atoms with E-state index in [4.69, 9.17) is 9.84 Å². The lowest BCUT2D eigenvalue weighted by Gasteiger charge is -2.18. The lowest BCUT2D eigenvalue weighted by atomic mass is 10.0. The average Bonchev–Trinajstić information content (AvgIpc) is 2.99. The maximum atomic E-state index is 12.6. The molecule has 0 aliphatic heterocycles. The first kappa shape index (κ1) is 41.4. The van der Waals surface area contributed by atoms with Gasteiger partial charge in [-0.15, -0.1) is 0 Å². The number of rotatable bonds is 34. The molecule has 0 aromatic carbocycles. The first-order valence-electron chi connectivity index (χ1n) is 18.8. The largest absolute Gasteiger partial charge is 0.481 e. The molecule has 0 heterocycles. The monoisotopic (exact) mass is 605 g/mol. The van der Waals surface area contributed by atoms with Crippen LogP contribution in [0.5, 0.6) is 0 Å². The predicted molar refractivity (Wildman–Crippen MR) is 186 cm³/mol. The summed E-state index contributed by atoms with van der Waals surface area (Å²) < 4.78 is 5.97. The van der Waals surface area contributed by atoms with E-state index in [2.05, 4.69) is 38.2 Å². The van der Waals surface area contributed by atoms with Crippen LogP contribution in [0.2, 0.25) is 0 Å². The Hall–Kier alpha value is -1.58. The summed E-state index contributed by atoms with van der Waals surface area (Å²) in [5.41, 5.74) is 0. The zero-order chi connectivity index (χ0) is 31.5. The summed E-state index contributed by atoms with van der Waals surface area (Å²) in [6.45, 7) is 4.51. The highest BCUT2D eigenvalue weighted by atomic mass is 16.5. The van der Waals surface area contributed by atoms with Crippen molar-refractivity contribution in [3.8, 4) is 0 Å². The fourth-order valence-corrected chi connectivity index (χ4v) is 5.63. The van der Waals surface area contributed by atoms with Crippen LogP contribution in [-0.4, -0.2) is 23.1 Å². The third kappa shape index (κ3) is 34.8. The minimum Gasteiger partial charge on any atom is -0.481 e. The molecule has 0 radical (unpaired) electrons. The Labute approximate surface area is 267 Å². The second kappa shape index (κ2) is 34.9. The zero-order valence-electron chi connectivity index (χ0n) is 28.8. The Balaban J connectivity index is 3.95. The van der Waals surface area contributed by atoms with Crippen LogP contribution in [0.25, 0.3) is 0 Å². The molecule has 1 atom stereocenters. The Morgan fingerprint density at radius 2 is 0.907 bits per heavy atom. The second-order valence-corrected chi connectivity index (χ2v) is 12.8. The summed E-state index contributed by atoms with van der Waals surface area (Å²) in [7, 11) is 0. The molecule has 0 aliphatic rings. The SMILES string of the molecule is CCCCC/C=C\C/C=C\CCCCCCCCCC(=O)OC(CCCCCCCCCC)CCCCCCCC(=O)O. The van der Waals surface area contributed by atoms with Crippen LogP contribution in [0, 0.1) is 0 Å². The molecule has 0 aromatic heterocycles. The highest BCUT2D eigenvalue weighted by Crippen LogP contribution is 2.19. The Morgan fingerprint density at radius 1 is 0.512 bits per heavy atom. The van der Waals surface area contributed by atoms with Crippen LogP contribution < -0.4 is 0 Å². The van der Waals surface area contributed by atoms with Crippen LogP contribution in [0.15, 0.2) is 24.3 Å². The van der Waals surface area contributed by atoms with Gasteiger partial charge in [0.2, 0.25) is 0 Å². The van der Waals surface area contributed by atoms with E-state index in [1.807, 2.05) is 0 Å². The number of carbonyl (C=O) groups is 2. The third-order valence-corrected chi connectivity index (χ3v) is 8.43. The molecule has 43 heavy (non-hydrogen) atoms. The van der Waals surface area contributed by atoms with E-state index < -0.39 is 5.97 Å². The van der Waals surface area contributed by atoms with Crippen LogP contribution >= 0.6 is 0 Å². The van der Waals surface area contributed by atoms with Gasteiger partial charge in [0.1, 0.15) is 6.10 Å². The van der Waals surface area contributed by atoms with Gasteiger partial charge in [-0.25, -0.2) is 0 Å². The maximum Gasteiger partial charge on any atom is 0.306 e. The molecule has 0 saturated heterocycles. The molecule has 1 unspecified atom stereocenters. The number of allylic oxidation sites excluding steroid dienone is 4. The normalized spacial score (nSPS) is 12.4. The standard InChI is InChI=1S/C39H72O4/c1-3-5-7-9-11-13-14-15-16-17-18-19-20-21-23-28-32-36-39(42)43-37(33-29-25-22-12-10-8-6-4-2)34-30-26-24-27-31-35-38(40)41/h11,13,15-16,37H,3-10,12,14,17-36H2,1-2H3,(H,40,41)/b13-11-,16-15-. The molecule has 1 N–H and O–H groups in total. The molecule has 0 amide bonds. The first-order chi connectivity index (χ1) is 21.1. The van der Waals surface area contributed by atoms with Crippen molar-refractivity contribution in [2.45, 2.75) is 213 Å². The number of unbranched alkanes of at least 4 members (excludes halogenated alkanes) is 21. The molecule has 0 rings (SSSR count). The Kier molecular flexibility index (Phi) is 33.6. The van der Waals surface area contributed by atoms with Gasteiger partial charge >= 0.3 is 11.9 Å². The highest BCUT2D eigenvalue weighted by molar-refractivity contribution is 5.69. The first-order valence-corrected chi connectivity index (χ1v) is 18.8. The predicted octanol–water partition coefficient (Wildman–Crippen LogP) is 12.8. The van der Waals surface area contributed by atoms with Gasteiger partial charge in [0, 0.05) is 12.8 Å². The minimum atomic E-state index is -0.701. The molecule has 252 valence electrons. The number of ether oxygens (including phenoxy) is 1. The molecule has 0 bridgehead atoms. The second-order valence-electron chi connectivity index (χ2n) is 12.8. The minimum absolute atomic E-state index is 0.00591. The molecule has 4 nitrogen and oxygen atoms in total. The summed E-state index contributed by atoms with van der Waals surface area (Å²) >= 11 is 0. The van der Waals surface area contributed by atoms with Gasteiger partial charge < -0.3 is 9.84 Å². The maximum absolute atomic E-state index is 12.6. The van der Waals surface area contributed by atoms with E-state index in [9.17, 15) is 9.59 Å². The van der Waals surface area contributed by atoms with Crippen molar-refractivity contribution in [1.82, 2.24) is 0 Å². The smallest absolute Gasteiger partial charge is 0.306 e. The molecule has 0 saturated carbocycles. The summed E-state index contributed by atoms with van der Waals surface area (Å²) in [6, 6.07) is 0. The van der Waals surface area contributed by atoms with E-state index in [0.717, 1.165) is 70.6 Å². The van der Waals surface area contributed by atoms with Gasteiger partial charge in [-0.2, -0.15) is 0 Å². The van der Waals surface area contributed by atoms with Crippen LogP contribution in [-0.2, 0) is 14.3 Å². The molecular weight excluding hydrogens is 532 g/mol. The van der Waals surface area contributed by atoms with Crippen LogP contribution in [0.1, 0.15) is 206 Å². The number of aliphatic carboxylic acids is 1. The number of esters is 1. The molecule has 0 aromatic rings. The van der Waals surface area contributed by atoms with Crippen molar-refractivity contribution in [2.75, 3.05) is 0 Å². The van der Waals surface area contributed by atoms with Gasteiger partial charge in [0.25, 0.3) is 0 Å². The fraction of sp³-hybridized carbons (Fsp3) is 0.846. The Bertz CT molecular complexity index is 654. The number of carboxylic acids is 1. The van der Waals surface area contributed by atoms with Crippen molar-refractivity contribution < 1.29 is 19.4 Å². The number of carboxylic acid groups (broad SMARTS) is 1. The van der Waals surface area contributed by atoms with Gasteiger partial charge in [-0.1, -0.05) is 147 Å². The van der Waals surface area contributed by atoms with Crippen molar-refractivity contribution in [3.63, 3.8) is 0 Å². The van der Waals surface area contributed by atoms with Crippen molar-refractivity contribution in [2.24, 2.45) is 0 Å². The molecule has 0 fully saturated rings. The van der Waals surface area contributed by atoms with E-state index in [-0.39, 0.29) is 18.5 Å². The number of carbonyl (C=O) groups excluding carboxylic acids is 1. The highest BCUT2D eigenvalue weighted by Gasteiger charge is 2.14. The van der Waals surface area contributed by atoms with Crippen molar-refractivity contribution >= 4 is 11.9 Å². The number of hydrogen-bond acceptors (Lipinski definition) is 3. The quantitative estimate of drug-likeness (QED) is 0.0451.